The lowest BCUT2D eigenvalue weighted by Gasteiger charge is -1.98. The highest BCUT2D eigenvalue weighted by Gasteiger charge is 2.11. The lowest BCUT2D eigenvalue weighted by Crippen LogP contribution is -1.91. The molecule has 5 heteroatoms. The van der Waals surface area contributed by atoms with Crippen LogP contribution in [0.2, 0.25) is 0 Å². The molecule has 0 fully saturated rings. The predicted molar refractivity (Wildman–Crippen MR) is 70.5 cm³/mol. The fourth-order valence-corrected chi connectivity index (χ4v) is 1.78. The number of benzene rings is 1. The normalized spacial score (nSPS) is 10.9. The number of nitro groups is 1. The van der Waals surface area contributed by atoms with Gasteiger partial charge in [-0.05, 0) is 30.3 Å². The number of hydrogen-bond acceptors (Lipinski definition) is 2. The Kier molecular flexibility index (Phi) is 3.39. The molecule has 17 heavy (non-hydrogen) atoms. The largest absolute Gasteiger partial charge is 0.331 e. The van der Waals surface area contributed by atoms with Crippen molar-refractivity contribution in [1.29, 1.82) is 0 Å². The minimum atomic E-state index is -0.389. The van der Waals surface area contributed by atoms with Crippen LogP contribution < -0.4 is 0 Å². The quantitative estimate of drug-likeness (QED) is 0.638. The topological polar surface area (TPSA) is 48.1 Å². The Balaban J connectivity index is 2.35. The Morgan fingerprint density at radius 3 is 2.65 bits per heavy atom. The standard InChI is InChI=1S/C12H9BrN2O2/c13-11-4-3-10(12(9-11)15(16)17)5-8-14-6-1-2-7-14/h1-9H/b8-5+. The first-order valence-electron chi connectivity index (χ1n) is 4.91. The zero-order valence-corrected chi connectivity index (χ0v) is 10.4. The van der Waals surface area contributed by atoms with Gasteiger partial charge >= 0.3 is 0 Å². The summed E-state index contributed by atoms with van der Waals surface area (Å²) in [5.41, 5.74) is 0.662. The lowest BCUT2D eigenvalue weighted by molar-refractivity contribution is -0.385. The summed E-state index contributed by atoms with van der Waals surface area (Å²) in [6.45, 7) is 0. The minimum absolute atomic E-state index is 0.0859. The van der Waals surface area contributed by atoms with Crippen molar-refractivity contribution in [3.8, 4) is 0 Å². The van der Waals surface area contributed by atoms with E-state index in [0.29, 0.717) is 10.0 Å². The lowest BCUT2D eigenvalue weighted by atomic mass is 10.2. The van der Waals surface area contributed by atoms with Crippen LogP contribution in [0, 0.1) is 10.1 Å². The number of halogens is 1. The van der Waals surface area contributed by atoms with E-state index in [1.165, 1.54) is 6.07 Å². The molecule has 0 N–H and O–H groups in total. The number of hydrogen-bond donors (Lipinski definition) is 0. The molecule has 0 aliphatic carbocycles. The molecule has 0 radical (unpaired) electrons. The molecule has 4 nitrogen and oxygen atoms in total. The third-order valence-electron chi connectivity index (χ3n) is 2.24. The second-order valence-corrected chi connectivity index (χ2v) is 4.32. The maximum absolute atomic E-state index is 10.9. The summed E-state index contributed by atoms with van der Waals surface area (Å²) in [5.74, 6) is 0. The Labute approximate surface area is 106 Å². The number of aromatic nitrogens is 1. The Morgan fingerprint density at radius 2 is 2.00 bits per heavy atom. The molecule has 0 bridgehead atoms. The Bertz CT molecular complexity index is 562. The maximum atomic E-state index is 10.9. The number of nitro benzene ring substituents is 1. The second-order valence-electron chi connectivity index (χ2n) is 3.41. The third-order valence-corrected chi connectivity index (χ3v) is 2.74. The molecule has 1 aromatic carbocycles. The van der Waals surface area contributed by atoms with Crippen LogP contribution >= 0.6 is 15.9 Å². The van der Waals surface area contributed by atoms with Crippen molar-refractivity contribution in [2.75, 3.05) is 0 Å². The van der Waals surface area contributed by atoms with Gasteiger partial charge in [-0.3, -0.25) is 10.1 Å². The van der Waals surface area contributed by atoms with Gasteiger partial charge in [0.25, 0.3) is 5.69 Å². The number of rotatable bonds is 3. The van der Waals surface area contributed by atoms with E-state index in [2.05, 4.69) is 15.9 Å². The molecular weight excluding hydrogens is 284 g/mol. The first kappa shape index (κ1) is 11.6. The highest BCUT2D eigenvalue weighted by molar-refractivity contribution is 9.10. The van der Waals surface area contributed by atoms with E-state index in [-0.39, 0.29) is 10.6 Å². The van der Waals surface area contributed by atoms with Crippen molar-refractivity contribution in [3.05, 3.63) is 62.9 Å². The van der Waals surface area contributed by atoms with Crippen LogP contribution in [0.5, 0.6) is 0 Å². The van der Waals surface area contributed by atoms with Gasteiger partial charge in [-0.25, -0.2) is 0 Å². The van der Waals surface area contributed by atoms with Crippen LogP contribution in [0.3, 0.4) is 0 Å². The van der Waals surface area contributed by atoms with Gasteiger partial charge in [-0.15, -0.1) is 0 Å². The molecule has 0 saturated heterocycles. The Hall–Kier alpha value is -1.88. The summed E-state index contributed by atoms with van der Waals surface area (Å²) in [6.07, 6.45) is 7.21. The van der Waals surface area contributed by atoms with E-state index in [1.807, 2.05) is 29.1 Å². The minimum Gasteiger partial charge on any atom is -0.331 e. The van der Waals surface area contributed by atoms with Gasteiger partial charge in [0.15, 0.2) is 0 Å². The maximum Gasteiger partial charge on any atom is 0.277 e. The SMILES string of the molecule is O=[N+]([O-])c1cc(Br)ccc1/C=C/n1cccc1. The smallest absolute Gasteiger partial charge is 0.277 e. The molecule has 86 valence electrons. The van der Waals surface area contributed by atoms with Gasteiger partial charge in [-0.1, -0.05) is 15.9 Å². The molecule has 0 spiro atoms. The fourth-order valence-electron chi connectivity index (χ4n) is 1.43. The zero-order chi connectivity index (χ0) is 12.3. The molecule has 0 saturated carbocycles. The third kappa shape index (κ3) is 2.82. The van der Waals surface area contributed by atoms with E-state index in [4.69, 9.17) is 0 Å². The van der Waals surface area contributed by atoms with Crippen molar-refractivity contribution >= 4 is 33.9 Å². The van der Waals surface area contributed by atoms with Crippen LogP contribution in [0.25, 0.3) is 12.3 Å². The first-order chi connectivity index (χ1) is 8.16. The van der Waals surface area contributed by atoms with Gasteiger partial charge < -0.3 is 4.57 Å². The average molecular weight is 293 g/mol. The van der Waals surface area contributed by atoms with Crippen LogP contribution in [0.4, 0.5) is 5.69 Å². The summed E-state index contributed by atoms with van der Waals surface area (Å²) >= 11 is 3.22. The zero-order valence-electron chi connectivity index (χ0n) is 8.79. The first-order valence-corrected chi connectivity index (χ1v) is 5.71. The van der Waals surface area contributed by atoms with E-state index >= 15 is 0 Å². The predicted octanol–water partition coefficient (Wildman–Crippen LogP) is 3.79. The van der Waals surface area contributed by atoms with E-state index in [1.54, 1.807) is 24.4 Å². The molecule has 0 unspecified atom stereocenters. The second kappa shape index (κ2) is 4.97. The molecule has 0 aliphatic heterocycles. The highest BCUT2D eigenvalue weighted by Crippen LogP contribution is 2.24. The molecule has 2 rings (SSSR count). The van der Waals surface area contributed by atoms with Crippen LogP contribution in [-0.4, -0.2) is 9.49 Å². The molecule has 0 amide bonds. The van der Waals surface area contributed by atoms with Crippen LogP contribution in [-0.2, 0) is 0 Å². The highest BCUT2D eigenvalue weighted by atomic mass is 79.9. The van der Waals surface area contributed by atoms with Crippen molar-refractivity contribution in [2.45, 2.75) is 0 Å². The summed E-state index contributed by atoms with van der Waals surface area (Å²) in [6, 6.07) is 8.76. The molecule has 0 aliphatic rings. The van der Waals surface area contributed by atoms with Crippen LogP contribution in [0.15, 0.2) is 47.2 Å². The van der Waals surface area contributed by atoms with Crippen molar-refractivity contribution < 1.29 is 4.92 Å². The molecule has 1 heterocycles. The number of nitrogens with zero attached hydrogens (tertiary/aromatic N) is 2. The van der Waals surface area contributed by atoms with Gasteiger partial charge in [0.05, 0.1) is 10.5 Å². The van der Waals surface area contributed by atoms with E-state index < -0.39 is 0 Å². The van der Waals surface area contributed by atoms with Gasteiger partial charge in [0.1, 0.15) is 0 Å². The molecule has 0 atom stereocenters. The van der Waals surface area contributed by atoms with E-state index in [0.717, 1.165) is 0 Å². The molecule has 1 aromatic heterocycles. The summed E-state index contributed by atoms with van der Waals surface area (Å²) in [7, 11) is 0. The van der Waals surface area contributed by atoms with Crippen molar-refractivity contribution in [3.63, 3.8) is 0 Å². The average Bonchev–Trinajstić information content (AvgIpc) is 2.80. The fraction of sp³-hybridized carbons (Fsp3) is 0. The van der Waals surface area contributed by atoms with Crippen LogP contribution in [0.1, 0.15) is 5.56 Å². The summed E-state index contributed by atoms with van der Waals surface area (Å²) < 4.78 is 2.52. The van der Waals surface area contributed by atoms with Gasteiger partial charge in [0, 0.05) is 29.1 Å². The molecule has 2 aromatic rings. The van der Waals surface area contributed by atoms with E-state index in [9.17, 15) is 10.1 Å². The van der Waals surface area contributed by atoms with Crippen molar-refractivity contribution in [1.82, 2.24) is 4.57 Å². The van der Waals surface area contributed by atoms with Crippen molar-refractivity contribution in [2.24, 2.45) is 0 Å². The van der Waals surface area contributed by atoms with Gasteiger partial charge in [-0.2, -0.15) is 0 Å². The summed E-state index contributed by atoms with van der Waals surface area (Å²) in [5, 5.41) is 10.9. The monoisotopic (exact) mass is 292 g/mol. The van der Waals surface area contributed by atoms with Gasteiger partial charge in [0.2, 0.25) is 0 Å². The Morgan fingerprint density at radius 1 is 1.29 bits per heavy atom. The molecular formula is C12H9BrN2O2. The summed E-state index contributed by atoms with van der Waals surface area (Å²) in [4.78, 5) is 10.5.